The minimum absolute atomic E-state index is 0.418. The summed E-state index contributed by atoms with van der Waals surface area (Å²) in [5.74, 6) is 0. The van der Waals surface area contributed by atoms with Gasteiger partial charge in [-0.2, -0.15) is 0 Å². The van der Waals surface area contributed by atoms with E-state index in [2.05, 4.69) is 39.0 Å². The van der Waals surface area contributed by atoms with Crippen LogP contribution >= 0.6 is 0 Å². The van der Waals surface area contributed by atoms with Gasteiger partial charge < -0.3 is 0 Å². The molecule has 0 radical (unpaired) electrons. The minimum Gasteiger partial charge on any atom is -0.0830 e. The highest BCUT2D eigenvalue weighted by Gasteiger charge is 2.51. The predicted octanol–water partition coefficient (Wildman–Crippen LogP) is 5.10. The average Bonchev–Trinajstić information content (AvgIpc) is 2.61. The van der Waals surface area contributed by atoms with Crippen molar-refractivity contribution in [2.75, 3.05) is 0 Å². The highest BCUT2D eigenvalue weighted by Crippen LogP contribution is 2.64. The van der Waals surface area contributed by atoms with Crippen molar-refractivity contribution in [2.45, 2.75) is 52.9 Å². The number of fused-ring (bicyclic) bond motifs is 3. The van der Waals surface area contributed by atoms with Crippen LogP contribution in [0, 0.1) is 5.41 Å². The van der Waals surface area contributed by atoms with Crippen molar-refractivity contribution < 1.29 is 0 Å². The Bertz CT molecular complexity index is 482. The van der Waals surface area contributed by atoms with Crippen LogP contribution < -0.4 is 0 Å². The summed E-state index contributed by atoms with van der Waals surface area (Å²) in [6.45, 7) is 6.90. The summed E-state index contributed by atoms with van der Waals surface area (Å²) in [7, 11) is 0. The SMILES string of the molecule is CCCCC12CC=CC(C)=C1C1=C2C(C)=CC1. The molecule has 0 saturated heterocycles. The molecule has 17 heavy (non-hydrogen) atoms. The number of rotatable bonds is 3. The van der Waals surface area contributed by atoms with Gasteiger partial charge in [-0.1, -0.05) is 43.6 Å². The van der Waals surface area contributed by atoms with Crippen LogP contribution in [0.4, 0.5) is 0 Å². The first kappa shape index (κ1) is 11.1. The standard InChI is InChI=1S/C17H22/c1-4-5-10-17-11-6-7-12(2)15(17)14-9-8-13(3)16(14)17/h6-8H,4-5,9-11H2,1-3H3. The van der Waals surface area contributed by atoms with E-state index in [1.165, 1.54) is 37.7 Å². The summed E-state index contributed by atoms with van der Waals surface area (Å²) in [5, 5.41) is 0. The largest absolute Gasteiger partial charge is 0.0830 e. The summed E-state index contributed by atoms with van der Waals surface area (Å²) in [6.07, 6.45) is 13.6. The second-order valence-corrected chi connectivity index (χ2v) is 5.79. The van der Waals surface area contributed by atoms with Crippen LogP contribution in [-0.4, -0.2) is 0 Å². The molecule has 0 nitrogen and oxygen atoms in total. The minimum atomic E-state index is 0.418. The lowest BCUT2D eigenvalue weighted by atomic mass is 9.53. The van der Waals surface area contributed by atoms with Gasteiger partial charge in [0.25, 0.3) is 0 Å². The first-order chi connectivity index (χ1) is 8.20. The van der Waals surface area contributed by atoms with Crippen LogP contribution in [0.5, 0.6) is 0 Å². The Hall–Kier alpha value is -1.04. The number of hydrogen-bond donors (Lipinski definition) is 0. The fourth-order valence-corrected chi connectivity index (χ4v) is 4.11. The van der Waals surface area contributed by atoms with Crippen molar-refractivity contribution in [2.24, 2.45) is 5.41 Å². The van der Waals surface area contributed by atoms with E-state index in [4.69, 9.17) is 0 Å². The molecule has 3 aliphatic carbocycles. The van der Waals surface area contributed by atoms with Crippen LogP contribution in [0.2, 0.25) is 0 Å². The molecule has 1 unspecified atom stereocenters. The molecular weight excluding hydrogens is 204 g/mol. The molecule has 3 rings (SSSR count). The monoisotopic (exact) mass is 226 g/mol. The molecule has 90 valence electrons. The molecule has 0 N–H and O–H groups in total. The third-order valence-electron chi connectivity index (χ3n) is 4.75. The van der Waals surface area contributed by atoms with E-state index in [1.807, 2.05) is 0 Å². The van der Waals surface area contributed by atoms with Gasteiger partial charge in [0, 0.05) is 5.41 Å². The zero-order valence-electron chi connectivity index (χ0n) is 11.3. The van der Waals surface area contributed by atoms with Crippen molar-refractivity contribution in [1.82, 2.24) is 0 Å². The zero-order chi connectivity index (χ0) is 12.0. The molecule has 0 amide bonds. The molecule has 0 spiro atoms. The van der Waals surface area contributed by atoms with E-state index in [-0.39, 0.29) is 0 Å². The van der Waals surface area contributed by atoms with Crippen LogP contribution in [0.1, 0.15) is 52.9 Å². The zero-order valence-corrected chi connectivity index (χ0v) is 11.3. The maximum absolute atomic E-state index is 2.43. The van der Waals surface area contributed by atoms with Gasteiger partial charge >= 0.3 is 0 Å². The van der Waals surface area contributed by atoms with Gasteiger partial charge in [0.1, 0.15) is 0 Å². The lowest BCUT2D eigenvalue weighted by Gasteiger charge is -2.50. The van der Waals surface area contributed by atoms with Crippen molar-refractivity contribution >= 4 is 0 Å². The molecule has 0 saturated carbocycles. The van der Waals surface area contributed by atoms with Crippen molar-refractivity contribution in [3.8, 4) is 0 Å². The maximum Gasteiger partial charge on any atom is 0.0248 e. The van der Waals surface area contributed by atoms with E-state index in [0.29, 0.717) is 5.41 Å². The van der Waals surface area contributed by atoms with E-state index in [1.54, 1.807) is 22.3 Å². The van der Waals surface area contributed by atoms with Crippen molar-refractivity contribution in [3.05, 3.63) is 46.1 Å². The Morgan fingerprint density at radius 2 is 2.06 bits per heavy atom. The Labute approximate surface area is 105 Å². The molecule has 0 aromatic heterocycles. The molecule has 0 aromatic rings. The van der Waals surface area contributed by atoms with Gasteiger partial charge in [0.05, 0.1) is 0 Å². The molecule has 0 aliphatic heterocycles. The van der Waals surface area contributed by atoms with Gasteiger partial charge in [0.2, 0.25) is 0 Å². The normalized spacial score (nSPS) is 30.2. The van der Waals surface area contributed by atoms with Crippen LogP contribution in [-0.2, 0) is 0 Å². The van der Waals surface area contributed by atoms with Gasteiger partial charge in [-0.25, -0.2) is 0 Å². The Kier molecular flexibility index (Phi) is 2.43. The Balaban J connectivity index is 2.06. The third kappa shape index (κ3) is 1.30. The van der Waals surface area contributed by atoms with E-state index >= 15 is 0 Å². The predicted molar refractivity (Wildman–Crippen MR) is 73.8 cm³/mol. The Morgan fingerprint density at radius 3 is 2.82 bits per heavy atom. The van der Waals surface area contributed by atoms with Gasteiger partial charge in [-0.15, -0.1) is 0 Å². The molecule has 0 heteroatoms. The first-order valence-corrected chi connectivity index (χ1v) is 6.99. The highest BCUT2D eigenvalue weighted by atomic mass is 14.5. The van der Waals surface area contributed by atoms with Crippen molar-refractivity contribution in [1.29, 1.82) is 0 Å². The second-order valence-electron chi connectivity index (χ2n) is 5.79. The van der Waals surface area contributed by atoms with Crippen LogP contribution in [0.25, 0.3) is 0 Å². The molecule has 0 heterocycles. The summed E-state index contributed by atoms with van der Waals surface area (Å²) in [5.41, 5.74) is 8.58. The third-order valence-corrected chi connectivity index (χ3v) is 4.75. The lowest BCUT2D eigenvalue weighted by Crippen LogP contribution is -2.37. The molecule has 0 fully saturated rings. The van der Waals surface area contributed by atoms with Crippen LogP contribution in [0.15, 0.2) is 46.1 Å². The average molecular weight is 226 g/mol. The quantitative estimate of drug-likeness (QED) is 0.628. The first-order valence-electron chi connectivity index (χ1n) is 6.99. The molecule has 0 aromatic carbocycles. The number of unbranched alkanes of at least 4 members (excludes halogenated alkanes) is 1. The molecule has 0 bridgehead atoms. The van der Waals surface area contributed by atoms with Crippen molar-refractivity contribution in [3.63, 3.8) is 0 Å². The topological polar surface area (TPSA) is 0 Å². The molecular formula is C17H22. The number of hydrogen-bond acceptors (Lipinski definition) is 0. The summed E-state index contributed by atoms with van der Waals surface area (Å²) in [4.78, 5) is 0. The Morgan fingerprint density at radius 1 is 1.24 bits per heavy atom. The van der Waals surface area contributed by atoms with E-state index in [9.17, 15) is 0 Å². The number of allylic oxidation sites excluding steroid dienone is 8. The fourth-order valence-electron chi connectivity index (χ4n) is 4.11. The van der Waals surface area contributed by atoms with Gasteiger partial charge in [-0.3, -0.25) is 0 Å². The van der Waals surface area contributed by atoms with Gasteiger partial charge in [-0.05, 0) is 55.4 Å². The summed E-state index contributed by atoms with van der Waals surface area (Å²) >= 11 is 0. The second kappa shape index (κ2) is 3.73. The smallest absolute Gasteiger partial charge is 0.0248 e. The van der Waals surface area contributed by atoms with E-state index < -0.39 is 0 Å². The fraction of sp³-hybridized carbons (Fsp3) is 0.529. The molecule has 3 aliphatic rings. The van der Waals surface area contributed by atoms with Gasteiger partial charge in [0.15, 0.2) is 0 Å². The molecule has 1 atom stereocenters. The summed E-state index contributed by atoms with van der Waals surface area (Å²) in [6, 6.07) is 0. The lowest BCUT2D eigenvalue weighted by molar-refractivity contribution is 0.353. The van der Waals surface area contributed by atoms with Crippen LogP contribution in [0.3, 0.4) is 0 Å². The van der Waals surface area contributed by atoms with E-state index in [0.717, 1.165) is 0 Å². The summed E-state index contributed by atoms with van der Waals surface area (Å²) < 4.78 is 0. The highest BCUT2D eigenvalue weighted by molar-refractivity contribution is 5.71. The maximum atomic E-state index is 2.43.